The van der Waals surface area contributed by atoms with Gasteiger partial charge in [-0.15, -0.1) is 0 Å². The van der Waals surface area contributed by atoms with Crippen LogP contribution < -0.4 is 0 Å². The van der Waals surface area contributed by atoms with E-state index in [4.69, 9.17) is 21.5 Å². The lowest BCUT2D eigenvalue weighted by molar-refractivity contribution is -0.0506. The Morgan fingerprint density at radius 3 is 2.68 bits per heavy atom. The van der Waals surface area contributed by atoms with E-state index in [0.717, 1.165) is 18.2 Å². The number of piperidine rings is 1. The SMILES string of the molecule is O=C(O)OC1=NOC2(CCN(S(=O)(=O)c3ccc(F)c(Cl)c3)CC2)C1. The van der Waals surface area contributed by atoms with Crippen LogP contribution in [0.3, 0.4) is 0 Å². The van der Waals surface area contributed by atoms with Gasteiger partial charge in [-0.05, 0) is 18.2 Å². The van der Waals surface area contributed by atoms with Gasteiger partial charge in [0.2, 0.25) is 15.9 Å². The van der Waals surface area contributed by atoms with Crippen LogP contribution in [0.2, 0.25) is 5.02 Å². The summed E-state index contributed by atoms with van der Waals surface area (Å²) in [5.74, 6) is -0.741. The summed E-state index contributed by atoms with van der Waals surface area (Å²) >= 11 is 5.66. The van der Waals surface area contributed by atoms with Crippen molar-refractivity contribution < 1.29 is 32.3 Å². The van der Waals surface area contributed by atoms with Gasteiger partial charge in [-0.2, -0.15) is 4.31 Å². The maximum Gasteiger partial charge on any atom is 0.512 e. The van der Waals surface area contributed by atoms with Crippen molar-refractivity contribution in [3.05, 3.63) is 29.0 Å². The van der Waals surface area contributed by atoms with E-state index >= 15 is 0 Å². The molecule has 2 heterocycles. The summed E-state index contributed by atoms with van der Waals surface area (Å²) in [6.45, 7) is 0.292. The van der Waals surface area contributed by atoms with Crippen molar-refractivity contribution in [2.24, 2.45) is 5.16 Å². The average molecular weight is 393 g/mol. The molecular weight excluding hydrogens is 379 g/mol. The van der Waals surface area contributed by atoms with Crippen molar-refractivity contribution in [3.63, 3.8) is 0 Å². The number of nitrogens with zero attached hydrogens (tertiary/aromatic N) is 2. The van der Waals surface area contributed by atoms with Crippen LogP contribution in [0.1, 0.15) is 19.3 Å². The topological polar surface area (TPSA) is 106 Å². The van der Waals surface area contributed by atoms with Gasteiger partial charge in [0.15, 0.2) is 0 Å². The number of hydrogen-bond donors (Lipinski definition) is 1. The molecule has 11 heteroatoms. The Kier molecular flexibility index (Phi) is 4.60. The zero-order valence-corrected chi connectivity index (χ0v) is 14.4. The summed E-state index contributed by atoms with van der Waals surface area (Å²) in [5.41, 5.74) is -0.767. The molecule has 1 spiro atoms. The quantitative estimate of drug-likeness (QED) is 0.775. The number of sulfonamides is 1. The first-order chi connectivity index (χ1) is 11.7. The number of hydrogen-bond acceptors (Lipinski definition) is 6. The van der Waals surface area contributed by atoms with Crippen LogP contribution in [0.4, 0.5) is 9.18 Å². The molecule has 0 atom stereocenters. The molecule has 0 aromatic heterocycles. The minimum absolute atomic E-state index is 0.0471. The number of oxime groups is 1. The molecule has 0 amide bonds. The molecule has 3 rings (SSSR count). The highest BCUT2D eigenvalue weighted by molar-refractivity contribution is 7.89. The summed E-state index contributed by atoms with van der Waals surface area (Å²) in [7, 11) is -3.82. The van der Waals surface area contributed by atoms with Crippen molar-refractivity contribution >= 4 is 33.7 Å². The van der Waals surface area contributed by atoms with Gasteiger partial charge >= 0.3 is 6.16 Å². The smallest absolute Gasteiger partial charge is 0.449 e. The summed E-state index contributed by atoms with van der Waals surface area (Å²) in [5, 5.41) is 11.9. The van der Waals surface area contributed by atoms with Crippen molar-refractivity contribution in [2.45, 2.75) is 29.8 Å². The van der Waals surface area contributed by atoms with E-state index in [0.29, 0.717) is 12.8 Å². The van der Waals surface area contributed by atoms with E-state index in [1.807, 2.05) is 0 Å². The highest BCUT2D eigenvalue weighted by Crippen LogP contribution is 2.36. The van der Waals surface area contributed by atoms with Crippen LogP contribution in [0, 0.1) is 5.82 Å². The Morgan fingerprint density at radius 2 is 2.08 bits per heavy atom. The van der Waals surface area contributed by atoms with Gasteiger partial charge in [-0.3, -0.25) is 0 Å². The molecule has 0 aliphatic carbocycles. The number of rotatable bonds is 2. The van der Waals surface area contributed by atoms with Gasteiger partial charge in [-0.25, -0.2) is 17.6 Å². The molecule has 1 fully saturated rings. The minimum atomic E-state index is -3.82. The monoisotopic (exact) mass is 392 g/mol. The average Bonchev–Trinajstić information content (AvgIpc) is 2.92. The molecule has 1 N–H and O–H groups in total. The lowest BCUT2D eigenvalue weighted by atomic mass is 9.89. The molecule has 0 unspecified atom stereocenters. The third-order valence-corrected chi connectivity index (χ3v) is 6.37. The molecule has 136 valence electrons. The van der Waals surface area contributed by atoms with Crippen molar-refractivity contribution in [1.82, 2.24) is 4.31 Å². The highest BCUT2D eigenvalue weighted by Gasteiger charge is 2.45. The van der Waals surface area contributed by atoms with E-state index in [9.17, 15) is 17.6 Å². The van der Waals surface area contributed by atoms with E-state index in [1.165, 1.54) is 4.31 Å². The largest absolute Gasteiger partial charge is 0.512 e. The van der Waals surface area contributed by atoms with E-state index in [2.05, 4.69) is 9.89 Å². The predicted octanol–water partition coefficient (Wildman–Crippen LogP) is 2.43. The Balaban J connectivity index is 1.68. The third kappa shape index (κ3) is 3.55. The molecule has 25 heavy (non-hydrogen) atoms. The summed E-state index contributed by atoms with van der Waals surface area (Å²) in [6, 6.07) is 3.24. The van der Waals surface area contributed by atoms with Crippen molar-refractivity contribution in [2.75, 3.05) is 13.1 Å². The molecular formula is C14H14ClFN2O6S. The Morgan fingerprint density at radius 1 is 1.40 bits per heavy atom. The van der Waals surface area contributed by atoms with Gasteiger partial charge in [-0.1, -0.05) is 16.8 Å². The van der Waals surface area contributed by atoms with Crippen LogP contribution in [-0.4, -0.2) is 48.6 Å². The van der Waals surface area contributed by atoms with Crippen LogP contribution in [0.5, 0.6) is 0 Å². The number of ether oxygens (including phenoxy) is 1. The van der Waals surface area contributed by atoms with E-state index in [1.54, 1.807) is 0 Å². The number of benzene rings is 1. The summed E-state index contributed by atoms with van der Waals surface area (Å²) in [6.07, 6.45) is -0.684. The second-order valence-electron chi connectivity index (χ2n) is 5.78. The number of halogens is 2. The standard InChI is InChI=1S/C14H14ClFN2O6S/c15-10-7-9(1-2-11(10)16)25(21,22)18-5-3-14(4-6-18)8-12(17-24-14)23-13(19)20/h1-2,7H,3-6,8H2,(H,19,20). The van der Waals surface area contributed by atoms with Crippen LogP contribution in [0.15, 0.2) is 28.3 Å². The Bertz CT molecular complexity index is 836. The molecule has 1 saturated heterocycles. The van der Waals surface area contributed by atoms with Gasteiger partial charge in [0.1, 0.15) is 11.4 Å². The highest BCUT2D eigenvalue weighted by atomic mass is 35.5. The fraction of sp³-hybridized carbons (Fsp3) is 0.429. The molecule has 8 nitrogen and oxygen atoms in total. The molecule has 0 radical (unpaired) electrons. The van der Waals surface area contributed by atoms with Crippen molar-refractivity contribution in [1.29, 1.82) is 0 Å². The maximum atomic E-state index is 13.2. The first kappa shape index (κ1) is 17.9. The van der Waals surface area contributed by atoms with E-state index in [-0.39, 0.29) is 35.3 Å². The molecule has 0 bridgehead atoms. The third-order valence-electron chi connectivity index (χ3n) is 4.18. The molecule has 2 aliphatic rings. The first-order valence-corrected chi connectivity index (χ1v) is 9.15. The number of carboxylic acid groups (broad SMARTS) is 1. The van der Waals surface area contributed by atoms with Gasteiger partial charge in [0.25, 0.3) is 0 Å². The molecule has 1 aromatic rings. The van der Waals surface area contributed by atoms with Crippen LogP contribution in [-0.2, 0) is 19.6 Å². The van der Waals surface area contributed by atoms with Crippen LogP contribution in [0.25, 0.3) is 0 Å². The van der Waals surface area contributed by atoms with Gasteiger partial charge < -0.3 is 14.7 Å². The second kappa shape index (κ2) is 6.43. The fourth-order valence-corrected chi connectivity index (χ4v) is 4.55. The predicted molar refractivity (Wildman–Crippen MR) is 84.4 cm³/mol. The van der Waals surface area contributed by atoms with Crippen LogP contribution >= 0.6 is 11.6 Å². The van der Waals surface area contributed by atoms with E-state index < -0.39 is 27.6 Å². The Hall–Kier alpha value is -1.91. The fourth-order valence-electron chi connectivity index (χ4n) is 2.83. The summed E-state index contributed by atoms with van der Waals surface area (Å²) in [4.78, 5) is 15.7. The Labute approximate surface area is 147 Å². The molecule has 0 saturated carbocycles. The zero-order valence-electron chi connectivity index (χ0n) is 12.8. The van der Waals surface area contributed by atoms with Gasteiger partial charge in [0.05, 0.1) is 16.3 Å². The summed E-state index contributed by atoms with van der Waals surface area (Å²) < 4.78 is 44.2. The normalized spacial score (nSPS) is 20.2. The second-order valence-corrected chi connectivity index (χ2v) is 8.13. The zero-order chi connectivity index (χ0) is 18.2. The maximum absolute atomic E-state index is 13.2. The van der Waals surface area contributed by atoms with Crippen molar-refractivity contribution in [3.8, 4) is 0 Å². The minimum Gasteiger partial charge on any atom is -0.449 e. The first-order valence-electron chi connectivity index (χ1n) is 7.33. The lowest BCUT2D eigenvalue weighted by Gasteiger charge is -2.36. The molecule has 2 aliphatic heterocycles. The lowest BCUT2D eigenvalue weighted by Crippen LogP contribution is -2.46. The van der Waals surface area contributed by atoms with Gasteiger partial charge in [0, 0.05) is 25.9 Å². The molecule has 1 aromatic carbocycles. The number of carbonyl (C=O) groups is 1.